The van der Waals surface area contributed by atoms with Crippen LogP contribution >= 0.6 is 0 Å². The Morgan fingerprint density at radius 3 is 2.53 bits per heavy atom. The Bertz CT molecular complexity index is 478. The maximum Gasteiger partial charge on any atom is 0.110 e. The van der Waals surface area contributed by atoms with Crippen molar-refractivity contribution in [3.8, 4) is 0 Å². The summed E-state index contributed by atoms with van der Waals surface area (Å²) in [5, 5.41) is 0. The molecule has 1 heteroatoms. The molecule has 1 aromatic carbocycles. The number of allylic oxidation sites excluding steroid dienone is 4. The molecule has 2 rings (SSSR count). The molecule has 1 aromatic rings. The zero-order valence-corrected chi connectivity index (χ0v) is 12.1. The lowest BCUT2D eigenvalue weighted by atomic mass is 9.88. The molecule has 0 saturated heterocycles. The lowest BCUT2D eigenvalue weighted by molar-refractivity contribution is 0.113. The monoisotopic (exact) mass is 258 g/mol. The molecule has 0 radical (unpaired) electrons. The zero-order valence-electron chi connectivity index (χ0n) is 12.1. The summed E-state index contributed by atoms with van der Waals surface area (Å²) in [5.41, 5.74) is 2.84. The van der Waals surface area contributed by atoms with Crippen LogP contribution in [0, 0.1) is 5.92 Å². The van der Waals surface area contributed by atoms with Crippen LogP contribution in [0.2, 0.25) is 0 Å². The molecule has 0 saturated carbocycles. The maximum atomic E-state index is 14.2. The van der Waals surface area contributed by atoms with Gasteiger partial charge in [0.2, 0.25) is 0 Å². The molecular weight excluding hydrogens is 235 g/mol. The highest BCUT2D eigenvalue weighted by Gasteiger charge is 2.27. The Balaban J connectivity index is 1.96. The summed E-state index contributed by atoms with van der Waals surface area (Å²) in [6.45, 7) is 5.62. The minimum Gasteiger partial charge on any atom is -0.244 e. The first-order chi connectivity index (χ1) is 8.99. The third kappa shape index (κ3) is 3.56. The molecule has 0 aromatic heterocycles. The third-order valence-corrected chi connectivity index (χ3v) is 4.19. The summed E-state index contributed by atoms with van der Waals surface area (Å²) in [7, 11) is 0. The summed E-state index contributed by atoms with van der Waals surface area (Å²) in [6.07, 6.45) is 6.88. The normalized spacial score (nSPS) is 18.2. The summed E-state index contributed by atoms with van der Waals surface area (Å²) in [6, 6.07) is 10.4. The van der Waals surface area contributed by atoms with Crippen molar-refractivity contribution in [3.63, 3.8) is 0 Å². The van der Waals surface area contributed by atoms with Gasteiger partial charge in [0.15, 0.2) is 0 Å². The van der Waals surface area contributed by atoms with Crippen LogP contribution in [0.25, 0.3) is 5.57 Å². The van der Waals surface area contributed by atoms with E-state index in [1.54, 1.807) is 6.92 Å². The molecule has 0 aliphatic heterocycles. The fourth-order valence-corrected chi connectivity index (χ4v) is 2.29. The minimum absolute atomic E-state index is 0.0760. The molecule has 1 aliphatic carbocycles. The second-order valence-corrected chi connectivity index (χ2v) is 5.95. The van der Waals surface area contributed by atoms with Crippen molar-refractivity contribution in [1.29, 1.82) is 0 Å². The molecule has 1 aliphatic rings. The van der Waals surface area contributed by atoms with E-state index in [1.165, 1.54) is 16.7 Å². The van der Waals surface area contributed by atoms with Gasteiger partial charge in [-0.25, -0.2) is 4.39 Å². The van der Waals surface area contributed by atoms with E-state index in [1.807, 2.05) is 19.9 Å². The molecule has 0 heterocycles. The number of hydrogen-bond donors (Lipinski definition) is 0. The molecule has 0 spiro atoms. The summed E-state index contributed by atoms with van der Waals surface area (Å²) >= 11 is 0. The molecule has 19 heavy (non-hydrogen) atoms. The first kappa shape index (κ1) is 14.0. The molecule has 0 bridgehead atoms. The first-order valence-corrected chi connectivity index (χ1v) is 7.13. The van der Waals surface area contributed by atoms with Gasteiger partial charge in [-0.05, 0) is 43.2 Å². The van der Waals surface area contributed by atoms with Crippen LogP contribution in [0.15, 0.2) is 48.1 Å². The molecule has 102 valence electrons. The van der Waals surface area contributed by atoms with E-state index in [-0.39, 0.29) is 5.92 Å². The Morgan fingerprint density at radius 1 is 1.21 bits per heavy atom. The standard InChI is InChI=1S/C18H23F/c1-14(2)18(3,19)12-11-15-9-10-17(13-15)16-7-5-4-6-8-16/h4-9,13-14H,10-12H2,1-3H3. The van der Waals surface area contributed by atoms with Crippen LogP contribution < -0.4 is 0 Å². The second kappa shape index (κ2) is 5.73. The molecule has 0 fully saturated rings. The largest absolute Gasteiger partial charge is 0.244 e. The van der Waals surface area contributed by atoms with Gasteiger partial charge in [-0.1, -0.05) is 61.9 Å². The highest BCUT2D eigenvalue weighted by Crippen LogP contribution is 2.33. The Morgan fingerprint density at radius 2 is 1.89 bits per heavy atom. The van der Waals surface area contributed by atoms with E-state index in [0.717, 1.165) is 12.8 Å². The van der Waals surface area contributed by atoms with E-state index >= 15 is 0 Å². The molecule has 1 unspecified atom stereocenters. The zero-order chi connectivity index (χ0) is 13.9. The average molecular weight is 258 g/mol. The fourth-order valence-electron chi connectivity index (χ4n) is 2.29. The Kier molecular flexibility index (Phi) is 4.24. The van der Waals surface area contributed by atoms with Gasteiger partial charge in [-0.3, -0.25) is 0 Å². The first-order valence-electron chi connectivity index (χ1n) is 7.13. The number of rotatable bonds is 5. The maximum absolute atomic E-state index is 14.2. The van der Waals surface area contributed by atoms with Gasteiger partial charge in [0, 0.05) is 0 Å². The van der Waals surface area contributed by atoms with Crippen LogP contribution in [-0.4, -0.2) is 5.67 Å². The van der Waals surface area contributed by atoms with Crippen molar-refractivity contribution in [1.82, 2.24) is 0 Å². The lowest BCUT2D eigenvalue weighted by Crippen LogP contribution is -2.25. The molecular formula is C18H23F. The van der Waals surface area contributed by atoms with E-state index in [9.17, 15) is 4.39 Å². The van der Waals surface area contributed by atoms with Gasteiger partial charge in [0.05, 0.1) is 0 Å². The van der Waals surface area contributed by atoms with Crippen LogP contribution in [-0.2, 0) is 0 Å². The van der Waals surface area contributed by atoms with E-state index in [0.29, 0.717) is 6.42 Å². The highest BCUT2D eigenvalue weighted by molar-refractivity contribution is 5.72. The number of benzene rings is 1. The van der Waals surface area contributed by atoms with Gasteiger partial charge < -0.3 is 0 Å². The van der Waals surface area contributed by atoms with Gasteiger partial charge in [-0.2, -0.15) is 0 Å². The highest BCUT2D eigenvalue weighted by atomic mass is 19.1. The van der Waals surface area contributed by atoms with Gasteiger partial charge >= 0.3 is 0 Å². The number of hydrogen-bond acceptors (Lipinski definition) is 0. The number of halogens is 1. The van der Waals surface area contributed by atoms with E-state index in [4.69, 9.17) is 0 Å². The molecule has 0 amide bonds. The lowest BCUT2D eigenvalue weighted by Gasteiger charge is -2.24. The van der Waals surface area contributed by atoms with E-state index in [2.05, 4.69) is 36.4 Å². The van der Waals surface area contributed by atoms with Crippen LogP contribution in [0.3, 0.4) is 0 Å². The second-order valence-electron chi connectivity index (χ2n) is 5.95. The molecule has 0 nitrogen and oxygen atoms in total. The molecule has 0 N–H and O–H groups in total. The Labute approximate surface area is 116 Å². The van der Waals surface area contributed by atoms with Gasteiger partial charge in [-0.15, -0.1) is 0 Å². The smallest absolute Gasteiger partial charge is 0.110 e. The summed E-state index contributed by atoms with van der Waals surface area (Å²) in [5.74, 6) is 0.0760. The van der Waals surface area contributed by atoms with Crippen molar-refractivity contribution in [2.24, 2.45) is 5.92 Å². The predicted octanol–water partition coefficient (Wildman–Crippen LogP) is 5.56. The van der Waals surface area contributed by atoms with Gasteiger partial charge in [0.1, 0.15) is 5.67 Å². The van der Waals surface area contributed by atoms with Crippen molar-refractivity contribution in [2.75, 3.05) is 0 Å². The molecule has 1 atom stereocenters. The predicted molar refractivity (Wildman–Crippen MR) is 80.7 cm³/mol. The van der Waals surface area contributed by atoms with Crippen LogP contribution in [0.4, 0.5) is 4.39 Å². The van der Waals surface area contributed by atoms with Gasteiger partial charge in [0.25, 0.3) is 0 Å². The van der Waals surface area contributed by atoms with E-state index < -0.39 is 5.67 Å². The average Bonchev–Trinajstić information content (AvgIpc) is 2.86. The fraction of sp³-hybridized carbons (Fsp3) is 0.444. The third-order valence-electron chi connectivity index (χ3n) is 4.19. The summed E-state index contributed by atoms with van der Waals surface area (Å²) in [4.78, 5) is 0. The van der Waals surface area contributed by atoms with Crippen LogP contribution in [0.1, 0.15) is 45.6 Å². The topological polar surface area (TPSA) is 0 Å². The SMILES string of the molecule is CC(C)C(C)(F)CCC1=CCC(c2ccccc2)=C1. The van der Waals surface area contributed by atoms with Crippen molar-refractivity contribution < 1.29 is 4.39 Å². The van der Waals surface area contributed by atoms with Crippen LogP contribution in [0.5, 0.6) is 0 Å². The van der Waals surface area contributed by atoms with Crippen molar-refractivity contribution in [2.45, 2.75) is 45.7 Å². The Hall–Kier alpha value is -1.37. The minimum atomic E-state index is -1.07. The van der Waals surface area contributed by atoms with Crippen molar-refractivity contribution in [3.05, 3.63) is 53.6 Å². The summed E-state index contributed by atoms with van der Waals surface area (Å²) < 4.78 is 14.2. The quantitative estimate of drug-likeness (QED) is 0.648. The number of alkyl halides is 1. The van der Waals surface area contributed by atoms with Crippen molar-refractivity contribution >= 4 is 5.57 Å².